The number of amides is 1. The number of nitrogens with zero attached hydrogens (tertiary/aromatic N) is 3. The molecule has 4 aromatic rings. The lowest BCUT2D eigenvalue weighted by Gasteiger charge is -2.56. The van der Waals surface area contributed by atoms with Crippen LogP contribution in [0.2, 0.25) is 0 Å². The highest BCUT2D eigenvalue weighted by Gasteiger charge is 2.55. The fourth-order valence-electron chi connectivity index (χ4n) is 6.06. The molecule has 7 nitrogen and oxygen atoms in total. The topological polar surface area (TPSA) is 97.1 Å². The lowest BCUT2D eigenvalue weighted by atomic mass is 9.50. The number of aliphatic carboxylic acids is 1. The number of carboxylic acids is 1. The van der Waals surface area contributed by atoms with E-state index in [9.17, 15) is 32.3 Å². The van der Waals surface area contributed by atoms with Crippen LogP contribution in [0.4, 0.5) is 17.6 Å². The van der Waals surface area contributed by atoms with Crippen molar-refractivity contribution in [1.29, 1.82) is 0 Å². The molecule has 0 atom stereocenters. The van der Waals surface area contributed by atoms with Crippen LogP contribution >= 0.6 is 0 Å². The van der Waals surface area contributed by atoms with Gasteiger partial charge in [-0.15, -0.1) is 5.10 Å². The minimum atomic E-state index is -4.46. The summed E-state index contributed by atoms with van der Waals surface area (Å²) < 4.78 is 55.1. The Hall–Kier alpha value is -4.28. The van der Waals surface area contributed by atoms with E-state index in [-0.39, 0.29) is 35.0 Å². The highest BCUT2D eigenvalue weighted by Crippen LogP contribution is 2.58. The average molecular weight is 553 g/mol. The van der Waals surface area contributed by atoms with Crippen molar-refractivity contribution in [3.63, 3.8) is 0 Å². The summed E-state index contributed by atoms with van der Waals surface area (Å²) in [6.45, 7) is 0.0665. The first-order chi connectivity index (χ1) is 19.0. The second-order valence-electron chi connectivity index (χ2n) is 10.8. The van der Waals surface area contributed by atoms with E-state index in [4.69, 9.17) is 0 Å². The van der Waals surface area contributed by atoms with Crippen LogP contribution in [0.25, 0.3) is 22.2 Å². The first kappa shape index (κ1) is 26.0. The van der Waals surface area contributed by atoms with Crippen molar-refractivity contribution >= 4 is 22.9 Å². The van der Waals surface area contributed by atoms with Crippen molar-refractivity contribution in [3.05, 3.63) is 83.2 Å². The maximum atomic E-state index is 14.6. The molecule has 11 heteroatoms. The molecule has 1 aromatic heterocycles. The molecule has 2 N–H and O–H groups in total. The minimum absolute atomic E-state index is 0.0444. The van der Waals surface area contributed by atoms with Gasteiger partial charge >= 0.3 is 12.1 Å². The number of hydrogen-bond acceptors (Lipinski definition) is 4. The van der Waals surface area contributed by atoms with Gasteiger partial charge in [0.05, 0.1) is 23.6 Å². The van der Waals surface area contributed by atoms with Crippen LogP contribution < -0.4 is 5.32 Å². The zero-order chi connectivity index (χ0) is 28.2. The molecule has 2 saturated carbocycles. The minimum Gasteiger partial charge on any atom is -0.481 e. The van der Waals surface area contributed by atoms with Crippen molar-refractivity contribution in [2.75, 3.05) is 0 Å². The van der Waals surface area contributed by atoms with Crippen molar-refractivity contribution in [1.82, 2.24) is 20.3 Å². The highest BCUT2D eigenvalue weighted by atomic mass is 19.4. The molecule has 1 amide bonds. The van der Waals surface area contributed by atoms with E-state index in [0.29, 0.717) is 47.8 Å². The van der Waals surface area contributed by atoms with Gasteiger partial charge in [-0.3, -0.25) is 9.59 Å². The second-order valence-corrected chi connectivity index (χ2v) is 10.8. The van der Waals surface area contributed by atoms with Crippen LogP contribution in [0.1, 0.15) is 47.2 Å². The lowest BCUT2D eigenvalue weighted by Crippen LogP contribution is -2.57. The van der Waals surface area contributed by atoms with Gasteiger partial charge in [-0.25, -0.2) is 9.07 Å². The number of carboxylic acid groups (broad SMARTS) is 1. The standard InChI is InChI=1S/C29H24F4N4O3/c30-23-4-2-1-3-21(23)17-9-22(26(38)34-20-13-28(14-20)11-18(12-28)27(39)40)25-24(10-17)35-36-37(25)15-16-5-7-19(8-6-16)29(31,32)33/h1-10,18,20H,11-15H2,(H,34,38)(H,39,40). The molecule has 1 heterocycles. The van der Waals surface area contributed by atoms with Crippen molar-refractivity contribution in [2.24, 2.45) is 11.3 Å². The van der Waals surface area contributed by atoms with Gasteiger partial charge in [0.25, 0.3) is 5.91 Å². The second kappa shape index (κ2) is 9.42. The number of carbonyl (C=O) groups excluding carboxylic acids is 1. The molecule has 0 aliphatic heterocycles. The molecule has 206 valence electrons. The summed E-state index contributed by atoms with van der Waals surface area (Å²) >= 11 is 0. The molecule has 1 spiro atoms. The summed E-state index contributed by atoms with van der Waals surface area (Å²) in [4.78, 5) is 24.8. The Labute approximate surface area is 225 Å². The zero-order valence-electron chi connectivity index (χ0n) is 21.1. The van der Waals surface area contributed by atoms with Crippen LogP contribution in [-0.2, 0) is 17.5 Å². The molecule has 0 unspecified atom stereocenters. The number of nitrogens with one attached hydrogen (secondary N) is 1. The number of halogens is 4. The van der Waals surface area contributed by atoms with Gasteiger partial charge in [-0.1, -0.05) is 35.5 Å². The molecule has 6 rings (SSSR count). The van der Waals surface area contributed by atoms with Crippen LogP contribution in [0.3, 0.4) is 0 Å². The smallest absolute Gasteiger partial charge is 0.416 e. The number of rotatable bonds is 6. The fourth-order valence-corrected chi connectivity index (χ4v) is 6.06. The zero-order valence-corrected chi connectivity index (χ0v) is 21.1. The molecule has 0 saturated heterocycles. The molecule has 2 fully saturated rings. The number of aromatic nitrogens is 3. The van der Waals surface area contributed by atoms with Crippen LogP contribution in [0.15, 0.2) is 60.7 Å². The first-order valence-electron chi connectivity index (χ1n) is 12.8. The van der Waals surface area contributed by atoms with E-state index >= 15 is 0 Å². The van der Waals surface area contributed by atoms with E-state index in [2.05, 4.69) is 15.6 Å². The van der Waals surface area contributed by atoms with Gasteiger partial charge in [0.2, 0.25) is 0 Å². The summed E-state index contributed by atoms with van der Waals surface area (Å²) in [6, 6.07) is 13.9. The van der Waals surface area contributed by atoms with E-state index in [1.54, 1.807) is 30.3 Å². The number of carbonyl (C=O) groups is 2. The predicted octanol–water partition coefficient (Wildman–Crippen LogP) is 5.68. The number of fused-ring (bicyclic) bond motifs is 1. The van der Waals surface area contributed by atoms with E-state index < -0.39 is 29.4 Å². The largest absolute Gasteiger partial charge is 0.481 e. The Balaban J connectivity index is 1.31. The third-order valence-corrected chi connectivity index (χ3v) is 8.05. The molecule has 2 aliphatic rings. The molecular formula is C29H24F4N4O3. The van der Waals surface area contributed by atoms with Gasteiger partial charge in [0.15, 0.2) is 0 Å². The summed E-state index contributed by atoms with van der Waals surface area (Å²) in [7, 11) is 0. The Bertz CT molecular complexity index is 1620. The predicted molar refractivity (Wildman–Crippen MR) is 137 cm³/mol. The maximum Gasteiger partial charge on any atom is 0.416 e. The average Bonchev–Trinajstić information content (AvgIpc) is 3.26. The molecule has 3 aromatic carbocycles. The SMILES string of the molecule is O=C(NC1CC2(C1)CC(C(=O)O)C2)c1cc(-c2ccccc2F)cc2nnn(Cc3ccc(C(F)(F)F)cc3)c12. The Morgan fingerprint density at radius 2 is 1.73 bits per heavy atom. The molecule has 0 radical (unpaired) electrons. The van der Waals surface area contributed by atoms with Gasteiger partial charge in [0.1, 0.15) is 16.9 Å². The normalized spacial score (nSPS) is 22.1. The third-order valence-electron chi connectivity index (χ3n) is 8.05. The summed E-state index contributed by atoms with van der Waals surface area (Å²) in [5, 5.41) is 20.6. The third kappa shape index (κ3) is 4.69. The first-order valence-corrected chi connectivity index (χ1v) is 12.8. The van der Waals surface area contributed by atoms with Crippen molar-refractivity contribution < 1.29 is 32.3 Å². The molecule has 2 aliphatic carbocycles. The summed E-state index contributed by atoms with van der Waals surface area (Å²) in [5.41, 5.74) is 1.37. The van der Waals surface area contributed by atoms with Crippen LogP contribution in [0, 0.1) is 17.2 Å². The maximum absolute atomic E-state index is 14.6. The van der Waals surface area contributed by atoms with Gasteiger partial charge in [-0.2, -0.15) is 13.2 Å². The monoisotopic (exact) mass is 552 g/mol. The van der Waals surface area contributed by atoms with Crippen LogP contribution in [-0.4, -0.2) is 38.0 Å². The molecular weight excluding hydrogens is 528 g/mol. The highest BCUT2D eigenvalue weighted by molar-refractivity contribution is 6.06. The van der Waals surface area contributed by atoms with Gasteiger partial charge < -0.3 is 10.4 Å². The van der Waals surface area contributed by atoms with E-state index in [1.807, 2.05) is 0 Å². The molecule has 0 bridgehead atoms. The van der Waals surface area contributed by atoms with Crippen molar-refractivity contribution in [2.45, 2.75) is 44.4 Å². The number of benzene rings is 3. The number of alkyl halides is 3. The van der Waals surface area contributed by atoms with Crippen molar-refractivity contribution in [3.8, 4) is 11.1 Å². The Morgan fingerprint density at radius 1 is 1.02 bits per heavy atom. The quantitative estimate of drug-likeness (QED) is 0.300. The summed E-state index contributed by atoms with van der Waals surface area (Å²) in [6.07, 6.45) is -1.89. The van der Waals surface area contributed by atoms with Crippen LogP contribution in [0.5, 0.6) is 0 Å². The lowest BCUT2D eigenvalue weighted by molar-refractivity contribution is -0.155. The Kier molecular flexibility index (Phi) is 6.12. The van der Waals surface area contributed by atoms with E-state index in [0.717, 1.165) is 12.1 Å². The van der Waals surface area contributed by atoms with Gasteiger partial charge in [0, 0.05) is 11.6 Å². The number of hydrogen-bond donors (Lipinski definition) is 2. The van der Waals surface area contributed by atoms with E-state index in [1.165, 1.54) is 22.9 Å². The summed E-state index contributed by atoms with van der Waals surface area (Å²) in [5.74, 6) is -2.00. The molecule has 40 heavy (non-hydrogen) atoms. The fraction of sp³-hybridized carbons (Fsp3) is 0.310. The van der Waals surface area contributed by atoms with Gasteiger partial charge in [-0.05, 0) is 72.6 Å². The Morgan fingerprint density at radius 3 is 2.38 bits per heavy atom.